The van der Waals surface area contributed by atoms with E-state index in [1.165, 1.54) is 41.7 Å². The molecule has 0 radical (unpaired) electrons. The molecule has 1 aromatic carbocycles. The molecule has 3 heterocycles. The topological polar surface area (TPSA) is 101 Å². The summed E-state index contributed by atoms with van der Waals surface area (Å²) in [6, 6.07) is 9.97. The molecule has 4 rings (SSSR count). The summed E-state index contributed by atoms with van der Waals surface area (Å²) in [7, 11) is -1.63. The van der Waals surface area contributed by atoms with Gasteiger partial charge in [0.05, 0.1) is 12.1 Å². The van der Waals surface area contributed by atoms with Crippen LogP contribution in [0.3, 0.4) is 0 Å². The average Bonchev–Trinajstić information content (AvgIpc) is 3.26. The summed E-state index contributed by atoms with van der Waals surface area (Å²) in [6.45, 7) is -0.367. The van der Waals surface area contributed by atoms with E-state index in [1.54, 1.807) is 24.4 Å². The van der Waals surface area contributed by atoms with Crippen LogP contribution in [0.1, 0.15) is 22.3 Å². The fraction of sp³-hybridized carbons (Fsp3) is 0.300. The van der Waals surface area contributed by atoms with E-state index in [9.17, 15) is 22.0 Å². The Hall–Kier alpha value is -3.05. The minimum Gasteiger partial charge on any atom is -0.365 e. The predicted octanol–water partition coefficient (Wildman–Crippen LogP) is 1.86. The van der Waals surface area contributed by atoms with E-state index in [1.807, 2.05) is 0 Å². The first-order valence-corrected chi connectivity index (χ1v) is 10.9. The minimum absolute atomic E-state index is 0.0360. The largest absolute Gasteiger partial charge is 0.365 e. The number of carbonyl (C=O) groups is 1. The fourth-order valence-corrected chi connectivity index (χ4v) is 6.05. The highest BCUT2D eigenvalue weighted by molar-refractivity contribution is 7.90. The summed E-state index contributed by atoms with van der Waals surface area (Å²) in [6.07, 6.45) is -0.481. The number of benzene rings is 1. The lowest BCUT2D eigenvalue weighted by atomic mass is 10.0. The number of aromatic nitrogens is 2. The third-order valence-electron chi connectivity index (χ3n) is 5.52. The number of rotatable bonds is 5. The molecule has 1 aliphatic rings. The van der Waals surface area contributed by atoms with Crippen LogP contribution in [0.4, 0.5) is 14.6 Å². The Bertz CT molecular complexity index is 1280. The Morgan fingerprint density at radius 2 is 2.00 bits per heavy atom. The van der Waals surface area contributed by atoms with Crippen molar-refractivity contribution < 1.29 is 22.0 Å². The molecule has 0 saturated carbocycles. The van der Waals surface area contributed by atoms with Crippen molar-refractivity contribution in [3.8, 4) is 0 Å². The summed E-state index contributed by atoms with van der Waals surface area (Å²) < 4.78 is 58.7. The Balaban J connectivity index is 2.08. The molecule has 0 aliphatic carbocycles. The second-order valence-corrected chi connectivity index (χ2v) is 9.94. The average molecular weight is 449 g/mol. The van der Waals surface area contributed by atoms with Crippen LogP contribution in [0.5, 0.6) is 0 Å². The number of sulfonamides is 1. The van der Waals surface area contributed by atoms with E-state index in [2.05, 4.69) is 5.10 Å². The lowest BCUT2D eigenvalue weighted by Gasteiger charge is -2.40. The number of nitrogens with two attached hydrogens (primary N) is 1. The van der Waals surface area contributed by atoms with Gasteiger partial charge in [0.2, 0.25) is 10.0 Å². The van der Waals surface area contributed by atoms with Gasteiger partial charge in [0.25, 0.3) is 5.91 Å². The zero-order valence-electron chi connectivity index (χ0n) is 16.9. The van der Waals surface area contributed by atoms with Crippen molar-refractivity contribution in [3.63, 3.8) is 0 Å². The molecule has 1 fully saturated rings. The van der Waals surface area contributed by atoms with Crippen LogP contribution in [0, 0.1) is 5.82 Å². The van der Waals surface area contributed by atoms with Gasteiger partial charge in [-0.05, 0) is 29.8 Å². The van der Waals surface area contributed by atoms with Crippen LogP contribution >= 0.6 is 0 Å². The number of carbonyl (C=O) groups excluding carboxylic acids is 1. The summed E-state index contributed by atoms with van der Waals surface area (Å²) in [5.74, 6) is -1.58. The van der Waals surface area contributed by atoms with Crippen molar-refractivity contribution in [1.29, 1.82) is 0 Å². The van der Waals surface area contributed by atoms with Crippen molar-refractivity contribution in [2.45, 2.75) is 17.5 Å². The summed E-state index contributed by atoms with van der Waals surface area (Å²) >= 11 is 0. The normalized spacial score (nSPS) is 21.8. The van der Waals surface area contributed by atoms with Gasteiger partial charge in [0.15, 0.2) is 10.7 Å². The highest BCUT2D eigenvalue weighted by atomic mass is 32.2. The SMILES string of the molecule is CN(C)S(=O)(=O)C1(c2cccc(F)c2)CC(F)CN1c1nn2ccccc2c1C(N)=O. The molecule has 2 atom stereocenters. The third-order valence-corrected chi connectivity index (χ3v) is 7.96. The first-order chi connectivity index (χ1) is 14.6. The molecule has 1 amide bonds. The number of primary amides is 1. The number of hydrogen-bond donors (Lipinski definition) is 1. The highest BCUT2D eigenvalue weighted by Crippen LogP contribution is 2.48. The summed E-state index contributed by atoms with van der Waals surface area (Å²) in [4.78, 5) is 11.5. The number of amides is 1. The minimum atomic E-state index is -4.27. The predicted molar refractivity (Wildman–Crippen MR) is 111 cm³/mol. The molecular weight excluding hydrogens is 428 g/mol. The monoisotopic (exact) mass is 449 g/mol. The smallest absolute Gasteiger partial charge is 0.254 e. The zero-order valence-corrected chi connectivity index (χ0v) is 17.7. The Morgan fingerprint density at radius 3 is 2.65 bits per heavy atom. The molecule has 1 aliphatic heterocycles. The van der Waals surface area contributed by atoms with Gasteiger partial charge < -0.3 is 10.6 Å². The first kappa shape index (κ1) is 21.2. The maximum Gasteiger partial charge on any atom is 0.254 e. The lowest BCUT2D eigenvalue weighted by Crippen LogP contribution is -2.53. The van der Waals surface area contributed by atoms with Crippen LogP contribution in [0.2, 0.25) is 0 Å². The van der Waals surface area contributed by atoms with Crippen LogP contribution < -0.4 is 10.6 Å². The number of pyridine rings is 1. The molecule has 3 aromatic rings. The maximum absolute atomic E-state index is 15.0. The molecule has 2 aromatic heterocycles. The second kappa shape index (κ2) is 7.27. The molecule has 8 nitrogen and oxygen atoms in total. The molecular formula is C20H21F2N5O3S. The molecule has 0 spiro atoms. The fourth-order valence-electron chi connectivity index (χ4n) is 4.19. The second-order valence-electron chi connectivity index (χ2n) is 7.59. The van der Waals surface area contributed by atoms with Crippen LogP contribution in [0.25, 0.3) is 5.52 Å². The van der Waals surface area contributed by atoms with Crippen molar-refractivity contribution in [2.75, 3.05) is 25.5 Å². The number of nitrogens with zero attached hydrogens (tertiary/aromatic N) is 4. The number of fused-ring (bicyclic) bond motifs is 1. The van der Waals surface area contributed by atoms with E-state index >= 15 is 0 Å². The van der Waals surface area contributed by atoms with Gasteiger partial charge in [-0.15, -0.1) is 5.10 Å². The number of halogens is 2. The standard InChI is InChI=1S/C20H21F2N5O3S/c1-25(2)31(29,30)20(13-6-5-7-14(21)10-13)11-15(22)12-26(20)19-17(18(23)28)16-8-3-4-9-27(16)24-19/h3-10,15H,11-12H2,1-2H3,(H2,23,28). The molecule has 2 unspecified atom stereocenters. The Kier molecular flexibility index (Phi) is 4.97. The van der Waals surface area contributed by atoms with Gasteiger partial charge in [-0.25, -0.2) is 26.0 Å². The third kappa shape index (κ3) is 3.07. The van der Waals surface area contributed by atoms with Gasteiger partial charge in [-0.1, -0.05) is 18.2 Å². The number of alkyl halides is 1. The van der Waals surface area contributed by atoms with Gasteiger partial charge in [-0.3, -0.25) is 4.79 Å². The molecule has 31 heavy (non-hydrogen) atoms. The molecule has 1 saturated heterocycles. The number of anilines is 1. The summed E-state index contributed by atoms with van der Waals surface area (Å²) in [5.41, 5.74) is 5.96. The Labute approximate surface area is 177 Å². The van der Waals surface area contributed by atoms with Crippen molar-refractivity contribution >= 4 is 27.3 Å². The highest BCUT2D eigenvalue weighted by Gasteiger charge is 2.59. The van der Waals surface area contributed by atoms with Crippen molar-refractivity contribution in [2.24, 2.45) is 5.73 Å². The van der Waals surface area contributed by atoms with Gasteiger partial charge in [-0.2, -0.15) is 0 Å². The quantitative estimate of drug-likeness (QED) is 0.641. The van der Waals surface area contributed by atoms with E-state index in [0.29, 0.717) is 5.52 Å². The number of hydrogen-bond acceptors (Lipinski definition) is 5. The van der Waals surface area contributed by atoms with Crippen LogP contribution in [0.15, 0.2) is 48.7 Å². The Morgan fingerprint density at radius 1 is 1.26 bits per heavy atom. The zero-order chi connectivity index (χ0) is 22.6. The van der Waals surface area contributed by atoms with E-state index in [4.69, 9.17) is 5.73 Å². The van der Waals surface area contributed by atoms with Crippen molar-refractivity contribution in [1.82, 2.24) is 13.9 Å². The van der Waals surface area contributed by atoms with Crippen LogP contribution in [-0.2, 0) is 14.9 Å². The molecule has 164 valence electrons. The first-order valence-electron chi connectivity index (χ1n) is 9.46. The maximum atomic E-state index is 15.0. The van der Waals surface area contributed by atoms with Gasteiger partial charge in [0.1, 0.15) is 17.6 Å². The van der Waals surface area contributed by atoms with Gasteiger partial charge in [0, 0.05) is 26.7 Å². The van der Waals surface area contributed by atoms with E-state index in [0.717, 1.165) is 10.4 Å². The summed E-state index contributed by atoms with van der Waals surface area (Å²) in [5, 5.41) is 4.36. The molecule has 2 N–H and O–H groups in total. The van der Waals surface area contributed by atoms with E-state index < -0.39 is 39.2 Å². The van der Waals surface area contributed by atoms with Crippen LogP contribution in [-0.4, -0.2) is 55.1 Å². The van der Waals surface area contributed by atoms with Gasteiger partial charge >= 0.3 is 0 Å². The van der Waals surface area contributed by atoms with E-state index in [-0.39, 0.29) is 23.5 Å². The lowest BCUT2D eigenvalue weighted by molar-refractivity contribution is 0.100. The molecule has 11 heteroatoms. The molecule has 0 bridgehead atoms. The van der Waals surface area contributed by atoms with Crippen molar-refractivity contribution in [3.05, 3.63) is 65.6 Å².